The molecule has 0 unspecified atom stereocenters. The molecule has 106 valence electrons. The normalized spacial score (nSPS) is 10.7. The lowest BCUT2D eigenvalue weighted by Gasteiger charge is -2.07. The minimum atomic E-state index is 0.0968. The molecule has 0 saturated carbocycles. The largest absolute Gasteiger partial charge is 0.392 e. The van der Waals surface area contributed by atoms with E-state index < -0.39 is 0 Å². The smallest absolute Gasteiger partial charge is 0.126 e. The number of fused-ring (bicyclic) bond motifs is 1. The average molecular weight is 278 g/mol. The van der Waals surface area contributed by atoms with Crippen molar-refractivity contribution in [2.75, 3.05) is 11.9 Å². The van der Waals surface area contributed by atoms with Gasteiger partial charge in [0.25, 0.3) is 0 Å². The quantitative estimate of drug-likeness (QED) is 0.752. The van der Waals surface area contributed by atoms with Gasteiger partial charge in [-0.1, -0.05) is 42.5 Å². The minimum absolute atomic E-state index is 0.0968. The lowest BCUT2D eigenvalue weighted by atomic mass is 10.1. The summed E-state index contributed by atoms with van der Waals surface area (Å²) in [7, 11) is 0. The molecule has 21 heavy (non-hydrogen) atoms. The van der Waals surface area contributed by atoms with E-state index >= 15 is 0 Å². The van der Waals surface area contributed by atoms with E-state index in [4.69, 9.17) is 5.11 Å². The molecular weight excluding hydrogens is 260 g/mol. The fourth-order valence-corrected chi connectivity index (χ4v) is 2.31. The first-order valence-electron chi connectivity index (χ1n) is 7.13. The van der Waals surface area contributed by atoms with E-state index in [1.807, 2.05) is 36.4 Å². The third-order valence-electron chi connectivity index (χ3n) is 3.52. The van der Waals surface area contributed by atoms with Crippen LogP contribution in [-0.4, -0.2) is 16.6 Å². The van der Waals surface area contributed by atoms with Gasteiger partial charge in [-0.05, 0) is 35.7 Å². The van der Waals surface area contributed by atoms with Crippen molar-refractivity contribution in [3.8, 4) is 0 Å². The Hall–Kier alpha value is -2.39. The summed E-state index contributed by atoms with van der Waals surface area (Å²) < 4.78 is 0. The highest BCUT2D eigenvalue weighted by atomic mass is 16.3. The van der Waals surface area contributed by atoms with Crippen molar-refractivity contribution in [2.45, 2.75) is 13.0 Å². The first kappa shape index (κ1) is 13.6. The molecule has 0 radical (unpaired) electrons. The number of pyridine rings is 1. The molecule has 2 N–H and O–H groups in total. The standard InChI is InChI=1S/C18H18N2O/c21-13-15-7-5-14(6-8-15)11-12-19-18-10-9-16-3-1-2-4-17(16)20-18/h1-10,21H,11-13H2,(H,19,20). The highest BCUT2D eigenvalue weighted by Gasteiger charge is 1.98. The van der Waals surface area contributed by atoms with Gasteiger partial charge in [0.2, 0.25) is 0 Å². The molecule has 3 heteroatoms. The fraction of sp³-hybridized carbons (Fsp3) is 0.167. The zero-order valence-electron chi connectivity index (χ0n) is 11.8. The topological polar surface area (TPSA) is 45.1 Å². The van der Waals surface area contributed by atoms with E-state index in [9.17, 15) is 0 Å². The summed E-state index contributed by atoms with van der Waals surface area (Å²) in [4.78, 5) is 4.59. The number of hydrogen-bond acceptors (Lipinski definition) is 3. The summed E-state index contributed by atoms with van der Waals surface area (Å²) in [6, 6.07) is 20.2. The SMILES string of the molecule is OCc1ccc(CCNc2ccc3ccccc3n2)cc1. The van der Waals surface area contributed by atoms with Gasteiger partial charge in [0, 0.05) is 11.9 Å². The summed E-state index contributed by atoms with van der Waals surface area (Å²) >= 11 is 0. The van der Waals surface area contributed by atoms with Gasteiger partial charge in [-0.3, -0.25) is 0 Å². The van der Waals surface area contributed by atoms with Crippen molar-refractivity contribution < 1.29 is 5.11 Å². The predicted octanol–water partition coefficient (Wildman–Crippen LogP) is 3.38. The number of hydrogen-bond donors (Lipinski definition) is 2. The van der Waals surface area contributed by atoms with Crippen LogP contribution in [0.15, 0.2) is 60.7 Å². The molecule has 0 saturated heterocycles. The lowest BCUT2D eigenvalue weighted by molar-refractivity contribution is 0.282. The Morgan fingerprint density at radius 2 is 1.62 bits per heavy atom. The predicted molar refractivity (Wildman–Crippen MR) is 86.3 cm³/mol. The van der Waals surface area contributed by atoms with Crippen LogP contribution in [0.1, 0.15) is 11.1 Å². The molecule has 3 nitrogen and oxygen atoms in total. The maximum absolute atomic E-state index is 9.02. The van der Waals surface area contributed by atoms with E-state index in [2.05, 4.69) is 34.6 Å². The van der Waals surface area contributed by atoms with E-state index in [1.54, 1.807) is 0 Å². The maximum atomic E-state index is 9.02. The van der Waals surface area contributed by atoms with Crippen molar-refractivity contribution in [2.24, 2.45) is 0 Å². The van der Waals surface area contributed by atoms with Crippen molar-refractivity contribution in [3.63, 3.8) is 0 Å². The third kappa shape index (κ3) is 3.38. The highest BCUT2D eigenvalue weighted by Crippen LogP contribution is 2.14. The van der Waals surface area contributed by atoms with Crippen LogP contribution >= 0.6 is 0 Å². The zero-order chi connectivity index (χ0) is 14.5. The van der Waals surface area contributed by atoms with Gasteiger partial charge in [0.05, 0.1) is 12.1 Å². The van der Waals surface area contributed by atoms with E-state index in [0.29, 0.717) is 0 Å². The van der Waals surface area contributed by atoms with Gasteiger partial charge in [-0.2, -0.15) is 0 Å². The summed E-state index contributed by atoms with van der Waals surface area (Å²) in [5.41, 5.74) is 3.21. The van der Waals surface area contributed by atoms with Crippen LogP contribution in [-0.2, 0) is 13.0 Å². The summed E-state index contributed by atoms with van der Waals surface area (Å²) in [5, 5.41) is 13.5. The van der Waals surface area contributed by atoms with Gasteiger partial charge >= 0.3 is 0 Å². The van der Waals surface area contributed by atoms with Gasteiger partial charge in [-0.25, -0.2) is 4.98 Å². The van der Waals surface area contributed by atoms with E-state index in [-0.39, 0.29) is 6.61 Å². The van der Waals surface area contributed by atoms with Gasteiger partial charge in [0.15, 0.2) is 0 Å². The lowest BCUT2D eigenvalue weighted by Crippen LogP contribution is -2.06. The second-order valence-electron chi connectivity index (χ2n) is 5.04. The number of aromatic nitrogens is 1. The van der Waals surface area contributed by atoms with E-state index in [1.165, 1.54) is 5.56 Å². The molecule has 0 atom stereocenters. The molecule has 0 fully saturated rings. The van der Waals surface area contributed by atoms with Crippen LogP contribution < -0.4 is 5.32 Å². The number of anilines is 1. The molecule has 0 amide bonds. The maximum Gasteiger partial charge on any atom is 0.126 e. The molecule has 1 heterocycles. The number of aliphatic hydroxyl groups is 1. The zero-order valence-corrected chi connectivity index (χ0v) is 11.8. The number of nitrogens with one attached hydrogen (secondary N) is 1. The highest BCUT2D eigenvalue weighted by molar-refractivity contribution is 5.80. The molecule has 3 aromatic rings. The van der Waals surface area contributed by atoms with Crippen LogP contribution in [0.2, 0.25) is 0 Å². The second kappa shape index (κ2) is 6.37. The average Bonchev–Trinajstić information content (AvgIpc) is 2.55. The van der Waals surface area contributed by atoms with Crippen molar-refractivity contribution >= 4 is 16.7 Å². The van der Waals surface area contributed by atoms with Crippen LogP contribution in [0.5, 0.6) is 0 Å². The fourth-order valence-electron chi connectivity index (χ4n) is 2.31. The number of aliphatic hydroxyl groups excluding tert-OH is 1. The van der Waals surface area contributed by atoms with Gasteiger partial charge in [0.1, 0.15) is 5.82 Å². The molecular formula is C18H18N2O. The Labute approximate surface area is 124 Å². The third-order valence-corrected chi connectivity index (χ3v) is 3.52. The summed E-state index contributed by atoms with van der Waals surface area (Å²) in [5.74, 6) is 0.903. The summed E-state index contributed by atoms with van der Waals surface area (Å²) in [6.07, 6.45) is 0.931. The van der Waals surface area contributed by atoms with Crippen molar-refractivity contribution in [3.05, 3.63) is 71.8 Å². The monoisotopic (exact) mass is 278 g/mol. The molecule has 1 aromatic heterocycles. The van der Waals surface area contributed by atoms with Crippen LogP contribution in [0, 0.1) is 0 Å². The minimum Gasteiger partial charge on any atom is -0.392 e. The molecule has 0 aliphatic rings. The number of nitrogens with zero attached hydrogens (tertiary/aromatic N) is 1. The molecule has 0 aliphatic heterocycles. The Balaban J connectivity index is 1.60. The molecule has 0 bridgehead atoms. The van der Waals surface area contributed by atoms with Gasteiger partial charge in [-0.15, -0.1) is 0 Å². The first-order valence-corrected chi connectivity index (χ1v) is 7.13. The number of rotatable bonds is 5. The second-order valence-corrected chi connectivity index (χ2v) is 5.04. The van der Waals surface area contributed by atoms with Crippen LogP contribution in [0.25, 0.3) is 10.9 Å². The Kier molecular flexibility index (Phi) is 4.12. The number of benzene rings is 2. The molecule has 0 spiro atoms. The molecule has 0 aliphatic carbocycles. The summed E-state index contributed by atoms with van der Waals surface area (Å²) in [6.45, 7) is 0.934. The molecule has 2 aromatic carbocycles. The molecule has 3 rings (SSSR count). The Morgan fingerprint density at radius 3 is 2.43 bits per heavy atom. The van der Waals surface area contributed by atoms with Gasteiger partial charge < -0.3 is 10.4 Å². The van der Waals surface area contributed by atoms with Crippen LogP contribution in [0.3, 0.4) is 0 Å². The van der Waals surface area contributed by atoms with E-state index in [0.717, 1.165) is 35.2 Å². The Morgan fingerprint density at radius 1 is 0.857 bits per heavy atom. The van der Waals surface area contributed by atoms with Crippen LogP contribution in [0.4, 0.5) is 5.82 Å². The first-order chi connectivity index (χ1) is 10.3. The van der Waals surface area contributed by atoms with Crippen molar-refractivity contribution in [1.82, 2.24) is 4.98 Å². The van der Waals surface area contributed by atoms with Crippen molar-refractivity contribution in [1.29, 1.82) is 0 Å². The number of para-hydroxylation sites is 1. The Bertz CT molecular complexity index is 723.